The molecule has 3 heteroatoms. The topological polar surface area (TPSA) is 35.5 Å². The highest BCUT2D eigenvalue weighted by molar-refractivity contribution is 5.95. The fourth-order valence-corrected chi connectivity index (χ4v) is 1.90. The van der Waals surface area contributed by atoms with Crippen LogP contribution in [0.4, 0.5) is 0 Å². The highest BCUT2D eigenvalue weighted by Crippen LogP contribution is 2.32. The van der Waals surface area contributed by atoms with Crippen LogP contribution in [-0.4, -0.2) is 13.1 Å². The Morgan fingerprint density at radius 2 is 1.72 bits per heavy atom. The van der Waals surface area contributed by atoms with Gasteiger partial charge in [0.2, 0.25) is 0 Å². The van der Waals surface area contributed by atoms with Crippen molar-refractivity contribution >= 4 is 11.5 Å². The summed E-state index contributed by atoms with van der Waals surface area (Å²) in [5, 5.41) is 0. The first-order valence-electron chi connectivity index (χ1n) is 5.80. The minimum absolute atomic E-state index is 0.254. The molecule has 1 heterocycles. The van der Waals surface area contributed by atoms with Gasteiger partial charge in [-0.1, -0.05) is 12.1 Å². The van der Waals surface area contributed by atoms with Crippen LogP contribution in [0.2, 0.25) is 0 Å². The first kappa shape index (κ1) is 12.4. The number of methoxy groups -OCH3 is 1. The third-order valence-electron chi connectivity index (χ3n) is 3.27. The molecule has 0 spiro atoms. The van der Waals surface area contributed by atoms with Crippen molar-refractivity contribution in [3.8, 4) is 5.75 Å². The Bertz CT molecular complexity index is 548. The van der Waals surface area contributed by atoms with E-state index < -0.39 is 0 Å². The molecule has 0 aromatic heterocycles. The third kappa shape index (κ3) is 2.04. The number of hydrogen-bond donors (Lipinski definition) is 0. The second kappa shape index (κ2) is 4.69. The van der Waals surface area contributed by atoms with Gasteiger partial charge in [-0.05, 0) is 44.0 Å². The van der Waals surface area contributed by atoms with Gasteiger partial charge in [-0.25, -0.2) is 4.79 Å². The van der Waals surface area contributed by atoms with E-state index in [0.717, 1.165) is 22.5 Å². The quantitative estimate of drug-likeness (QED) is 0.749. The van der Waals surface area contributed by atoms with Crippen molar-refractivity contribution in [2.45, 2.75) is 20.8 Å². The van der Waals surface area contributed by atoms with Crippen LogP contribution in [0, 0.1) is 0 Å². The molecule has 2 rings (SSSR count). The Labute approximate surface area is 107 Å². The molecule has 0 aliphatic carbocycles. The van der Waals surface area contributed by atoms with Crippen LogP contribution < -0.4 is 4.74 Å². The van der Waals surface area contributed by atoms with Gasteiger partial charge < -0.3 is 9.47 Å². The van der Waals surface area contributed by atoms with E-state index in [-0.39, 0.29) is 5.97 Å². The molecule has 0 atom stereocenters. The average Bonchev–Trinajstić information content (AvgIpc) is 2.66. The monoisotopic (exact) mass is 244 g/mol. The predicted octanol–water partition coefficient (Wildman–Crippen LogP) is 3.32. The second-order valence-corrected chi connectivity index (χ2v) is 4.32. The van der Waals surface area contributed by atoms with Crippen LogP contribution in [0.1, 0.15) is 26.3 Å². The van der Waals surface area contributed by atoms with Crippen LogP contribution in [0.25, 0.3) is 5.57 Å². The van der Waals surface area contributed by atoms with Crippen LogP contribution in [0.5, 0.6) is 5.75 Å². The lowest BCUT2D eigenvalue weighted by Crippen LogP contribution is -1.96. The maximum absolute atomic E-state index is 11.5. The molecule has 3 nitrogen and oxygen atoms in total. The molecule has 0 unspecified atom stereocenters. The standard InChI is InChI=1S/C15H16O3/c1-9-10(2)15(16)18-14(9)11(3)12-5-7-13(17-4)8-6-12/h5-8H,1-4H3. The Balaban J connectivity index is 2.42. The summed E-state index contributed by atoms with van der Waals surface area (Å²) in [6.07, 6.45) is 0. The number of allylic oxidation sites excluding steroid dienone is 2. The second-order valence-electron chi connectivity index (χ2n) is 4.32. The molecule has 0 N–H and O–H groups in total. The lowest BCUT2D eigenvalue weighted by Gasteiger charge is -2.08. The fraction of sp³-hybridized carbons (Fsp3) is 0.267. The van der Waals surface area contributed by atoms with Crippen molar-refractivity contribution in [2.24, 2.45) is 0 Å². The molecule has 1 aromatic rings. The van der Waals surface area contributed by atoms with Gasteiger partial charge in [0.25, 0.3) is 0 Å². The smallest absolute Gasteiger partial charge is 0.339 e. The van der Waals surface area contributed by atoms with E-state index in [0.29, 0.717) is 11.3 Å². The number of benzene rings is 1. The molecular weight excluding hydrogens is 228 g/mol. The number of cyclic esters (lactones) is 1. The van der Waals surface area contributed by atoms with E-state index in [9.17, 15) is 4.79 Å². The van der Waals surface area contributed by atoms with Crippen molar-refractivity contribution in [3.63, 3.8) is 0 Å². The molecule has 0 saturated carbocycles. The van der Waals surface area contributed by atoms with Crippen LogP contribution in [0.15, 0.2) is 41.2 Å². The molecule has 1 aliphatic heterocycles. The van der Waals surface area contributed by atoms with Crippen molar-refractivity contribution < 1.29 is 14.3 Å². The summed E-state index contributed by atoms with van der Waals surface area (Å²) in [5.41, 5.74) is 3.57. The molecule has 94 valence electrons. The zero-order chi connectivity index (χ0) is 13.3. The van der Waals surface area contributed by atoms with Gasteiger partial charge in [-0.2, -0.15) is 0 Å². The van der Waals surface area contributed by atoms with Gasteiger partial charge in [-0.3, -0.25) is 0 Å². The Kier molecular flexibility index (Phi) is 3.24. The van der Waals surface area contributed by atoms with Gasteiger partial charge in [0.1, 0.15) is 11.5 Å². The zero-order valence-corrected chi connectivity index (χ0v) is 11.0. The van der Waals surface area contributed by atoms with Gasteiger partial charge in [0.05, 0.1) is 7.11 Å². The molecule has 1 aliphatic rings. The molecular formula is C15H16O3. The Morgan fingerprint density at radius 3 is 2.17 bits per heavy atom. The highest BCUT2D eigenvalue weighted by atomic mass is 16.5. The average molecular weight is 244 g/mol. The van der Waals surface area contributed by atoms with Gasteiger partial charge >= 0.3 is 5.97 Å². The molecule has 18 heavy (non-hydrogen) atoms. The van der Waals surface area contributed by atoms with E-state index >= 15 is 0 Å². The Morgan fingerprint density at radius 1 is 1.11 bits per heavy atom. The number of rotatable bonds is 2. The van der Waals surface area contributed by atoms with E-state index in [1.807, 2.05) is 38.1 Å². The van der Waals surface area contributed by atoms with Crippen molar-refractivity contribution in [1.29, 1.82) is 0 Å². The van der Waals surface area contributed by atoms with E-state index in [4.69, 9.17) is 9.47 Å². The molecule has 0 saturated heterocycles. The third-order valence-corrected chi connectivity index (χ3v) is 3.27. The predicted molar refractivity (Wildman–Crippen MR) is 70.1 cm³/mol. The highest BCUT2D eigenvalue weighted by Gasteiger charge is 2.25. The summed E-state index contributed by atoms with van der Waals surface area (Å²) < 4.78 is 10.4. The van der Waals surface area contributed by atoms with Gasteiger partial charge in [0, 0.05) is 11.1 Å². The zero-order valence-electron chi connectivity index (χ0n) is 11.0. The summed E-state index contributed by atoms with van der Waals surface area (Å²) in [5.74, 6) is 1.22. The summed E-state index contributed by atoms with van der Waals surface area (Å²) in [6, 6.07) is 7.69. The Hall–Kier alpha value is -2.03. The van der Waals surface area contributed by atoms with E-state index in [2.05, 4.69) is 0 Å². The lowest BCUT2D eigenvalue weighted by atomic mass is 10.0. The first-order chi connectivity index (χ1) is 8.54. The van der Waals surface area contributed by atoms with Gasteiger partial charge in [0.15, 0.2) is 0 Å². The minimum atomic E-state index is -0.254. The van der Waals surface area contributed by atoms with Crippen LogP contribution in [-0.2, 0) is 9.53 Å². The fourth-order valence-electron chi connectivity index (χ4n) is 1.90. The first-order valence-corrected chi connectivity index (χ1v) is 5.80. The molecule has 0 radical (unpaired) electrons. The number of hydrogen-bond acceptors (Lipinski definition) is 3. The summed E-state index contributed by atoms with van der Waals surface area (Å²) in [7, 11) is 1.63. The van der Waals surface area contributed by atoms with Crippen LogP contribution in [0.3, 0.4) is 0 Å². The van der Waals surface area contributed by atoms with E-state index in [1.54, 1.807) is 14.0 Å². The van der Waals surface area contributed by atoms with Crippen molar-refractivity contribution in [1.82, 2.24) is 0 Å². The number of carbonyl (C=O) groups excluding carboxylic acids is 1. The molecule has 1 aromatic carbocycles. The number of esters is 1. The normalized spacial score (nSPS) is 17.9. The summed E-state index contributed by atoms with van der Waals surface area (Å²) in [6.45, 7) is 5.64. The molecule has 0 amide bonds. The van der Waals surface area contributed by atoms with Crippen LogP contribution >= 0.6 is 0 Å². The minimum Gasteiger partial charge on any atom is -0.497 e. The van der Waals surface area contributed by atoms with E-state index in [1.165, 1.54) is 0 Å². The lowest BCUT2D eigenvalue weighted by molar-refractivity contribution is -0.133. The number of carbonyl (C=O) groups is 1. The molecule has 0 bridgehead atoms. The number of ether oxygens (including phenoxy) is 2. The summed E-state index contributed by atoms with van der Waals surface area (Å²) in [4.78, 5) is 11.5. The SMILES string of the molecule is COc1ccc(C(C)=C2OC(=O)C(C)=C2C)cc1. The van der Waals surface area contributed by atoms with Crippen molar-refractivity contribution in [3.05, 3.63) is 46.7 Å². The molecule has 0 fully saturated rings. The maximum atomic E-state index is 11.5. The van der Waals surface area contributed by atoms with Crippen molar-refractivity contribution in [2.75, 3.05) is 7.11 Å². The largest absolute Gasteiger partial charge is 0.497 e. The summed E-state index contributed by atoms with van der Waals surface area (Å²) >= 11 is 0. The van der Waals surface area contributed by atoms with Gasteiger partial charge in [-0.15, -0.1) is 0 Å². The maximum Gasteiger partial charge on any atom is 0.339 e.